The van der Waals surface area contributed by atoms with E-state index in [1.807, 2.05) is 59.3 Å². The zero-order valence-corrected chi connectivity index (χ0v) is 18.2. The van der Waals surface area contributed by atoms with Crippen molar-refractivity contribution in [2.75, 3.05) is 19.5 Å². The predicted octanol–water partition coefficient (Wildman–Crippen LogP) is 4.86. The lowest BCUT2D eigenvalue weighted by molar-refractivity contribution is 0.217. The number of nitrogens with zero attached hydrogens (tertiary/aromatic N) is 3. The van der Waals surface area contributed by atoms with Crippen LogP contribution in [0.4, 0.5) is 5.95 Å². The van der Waals surface area contributed by atoms with Crippen molar-refractivity contribution in [3.8, 4) is 17.2 Å². The normalized spacial score (nSPS) is 18.4. The van der Waals surface area contributed by atoms with E-state index in [1.165, 1.54) is 0 Å². The highest BCUT2D eigenvalue weighted by Gasteiger charge is 2.41. The number of fused-ring (bicyclic) bond motifs is 3. The van der Waals surface area contributed by atoms with Gasteiger partial charge in [0.1, 0.15) is 29.6 Å². The standard InChI is InChI=1S/C26H22N4O3/c1-31-17-12-13-19(21(14-17)32-2)25-22-23(18-10-6-7-11-20(18)33-25)29-26-27-15-28-30(26)24(22)16-8-4-3-5-9-16/h3-15,24-25H,1-2H3,(H,27,28,29). The van der Waals surface area contributed by atoms with Crippen molar-refractivity contribution in [1.82, 2.24) is 14.8 Å². The smallest absolute Gasteiger partial charge is 0.226 e. The molecule has 1 N–H and O–H groups in total. The number of hydrogen-bond donors (Lipinski definition) is 1. The van der Waals surface area contributed by atoms with Crippen LogP contribution >= 0.6 is 0 Å². The predicted molar refractivity (Wildman–Crippen MR) is 125 cm³/mol. The van der Waals surface area contributed by atoms with Crippen LogP contribution in [-0.4, -0.2) is 29.0 Å². The molecule has 0 fully saturated rings. The Morgan fingerprint density at radius 2 is 1.76 bits per heavy atom. The summed E-state index contributed by atoms with van der Waals surface area (Å²) < 4.78 is 19.8. The molecule has 0 bridgehead atoms. The Hall–Kier alpha value is -4.26. The largest absolute Gasteiger partial charge is 0.497 e. The van der Waals surface area contributed by atoms with Gasteiger partial charge >= 0.3 is 0 Å². The van der Waals surface area contributed by atoms with Gasteiger partial charge in [-0.15, -0.1) is 0 Å². The fourth-order valence-corrected chi connectivity index (χ4v) is 4.67. The Labute approximate surface area is 191 Å². The molecule has 0 amide bonds. The van der Waals surface area contributed by atoms with Gasteiger partial charge in [-0.3, -0.25) is 0 Å². The van der Waals surface area contributed by atoms with Crippen LogP contribution in [0.5, 0.6) is 17.2 Å². The summed E-state index contributed by atoms with van der Waals surface area (Å²) in [7, 11) is 3.30. The molecule has 1 aromatic heterocycles. The van der Waals surface area contributed by atoms with E-state index in [-0.39, 0.29) is 6.04 Å². The zero-order valence-electron chi connectivity index (χ0n) is 18.2. The summed E-state index contributed by atoms with van der Waals surface area (Å²) in [6, 6.07) is 23.9. The fraction of sp³-hybridized carbons (Fsp3) is 0.154. The molecule has 0 aliphatic carbocycles. The van der Waals surface area contributed by atoms with Crippen molar-refractivity contribution in [2.24, 2.45) is 0 Å². The average molecular weight is 438 g/mol. The molecule has 164 valence electrons. The Morgan fingerprint density at radius 3 is 2.58 bits per heavy atom. The number of rotatable bonds is 4. The topological polar surface area (TPSA) is 70.4 Å². The third kappa shape index (κ3) is 3.04. The van der Waals surface area contributed by atoms with E-state index < -0.39 is 6.10 Å². The highest BCUT2D eigenvalue weighted by Crippen LogP contribution is 2.52. The highest BCUT2D eigenvalue weighted by molar-refractivity contribution is 5.85. The quantitative estimate of drug-likeness (QED) is 0.491. The van der Waals surface area contributed by atoms with Gasteiger partial charge in [0.15, 0.2) is 6.10 Å². The van der Waals surface area contributed by atoms with Crippen molar-refractivity contribution in [1.29, 1.82) is 0 Å². The molecule has 3 heterocycles. The van der Waals surface area contributed by atoms with Crippen LogP contribution in [0.1, 0.15) is 28.8 Å². The van der Waals surface area contributed by atoms with Crippen LogP contribution in [0.15, 0.2) is 84.7 Å². The van der Waals surface area contributed by atoms with E-state index >= 15 is 0 Å². The van der Waals surface area contributed by atoms with Gasteiger partial charge in [-0.1, -0.05) is 42.5 Å². The van der Waals surface area contributed by atoms with Crippen molar-refractivity contribution in [3.63, 3.8) is 0 Å². The van der Waals surface area contributed by atoms with Crippen molar-refractivity contribution >= 4 is 11.6 Å². The van der Waals surface area contributed by atoms with Gasteiger partial charge in [0.25, 0.3) is 0 Å². The van der Waals surface area contributed by atoms with Gasteiger partial charge in [0.2, 0.25) is 5.95 Å². The van der Waals surface area contributed by atoms with Crippen molar-refractivity contribution in [3.05, 3.63) is 101 Å². The first-order valence-electron chi connectivity index (χ1n) is 10.7. The van der Waals surface area contributed by atoms with Crippen LogP contribution < -0.4 is 19.5 Å². The van der Waals surface area contributed by atoms with E-state index in [0.717, 1.165) is 39.5 Å². The maximum atomic E-state index is 6.67. The molecule has 2 aliphatic heterocycles. The molecule has 7 heteroatoms. The summed E-state index contributed by atoms with van der Waals surface area (Å²) in [5.74, 6) is 2.91. The van der Waals surface area contributed by atoms with Gasteiger partial charge in [-0.25, -0.2) is 4.68 Å². The lowest BCUT2D eigenvalue weighted by Crippen LogP contribution is -2.32. The summed E-state index contributed by atoms with van der Waals surface area (Å²) in [6.45, 7) is 0. The molecule has 7 nitrogen and oxygen atoms in total. The summed E-state index contributed by atoms with van der Waals surface area (Å²) in [6.07, 6.45) is 1.16. The molecule has 4 aromatic rings. The van der Waals surface area contributed by atoms with E-state index in [0.29, 0.717) is 11.7 Å². The Morgan fingerprint density at radius 1 is 0.939 bits per heavy atom. The van der Waals surface area contributed by atoms with Crippen molar-refractivity contribution < 1.29 is 14.2 Å². The van der Waals surface area contributed by atoms with E-state index in [2.05, 4.69) is 33.6 Å². The minimum atomic E-state index is -0.411. The lowest BCUT2D eigenvalue weighted by atomic mass is 9.84. The number of hydrogen-bond acceptors (Lipinski definition) is 6. The van der Waals surface area contributed by atoms with E-state index in [4.69, 9.17) is 14.2 Å². The Kier molecular flexibility index (Phi) is 4.54. The molecular formula is C26H22N4O3. The first kappa shape index (κ1) is 19.4. The highest BCUT2D eigenvalue weighted by atomic mass is 16.5. The van der Waals surface area contributed by atoms with Gasteiger partial charge in [-0.05, 0) is 29.8 Å². The van der Waals surface area contributed by atoms with Gasteiger partial charge in [-0.2, -0.15) is 10.1 Å². The number of benzene rings is 3. The summed E-state index contributed by atoms with van der Waals surface area (Å²) in [4.78, 5) is 4.48. The van der Waals surface area contributed by atoms with Crippen LogP contribution in [0.2, 0.25) is 0 Å². The van der Waals surface area contributed by atoms with Gasteiger partial charge in [0.05, 0.1) is 19.9 Å². The van der Waals surface area contributed by atoms with Crippen molar-refractivity contribution in [2.45, 2.75) is 12.1 Å². The second kappa shape index (κ2) is 7.70. The molecular weight excluding hydrogens is 416 g/mol. The zero-order chi connectivity index (χ0) is 22.4. The number of para-hydroxylation sites is 1. The van der Waals surface area contributed by atoms with Crippen LogP contribution in [0.25, 0.3) is 5.70 Å². The Bertz CT molecular complexity index is 1360. The van der Waals surface area contributed by atoms with Gasteiger partial charge in [0, 0.05) is 22.8 Å². The number of nitrogens with one attached hydrogen (secondary N) is 1. The molecule has 2 aliphatic rings. The Balaban J connectivity index is 1.63. The van der Waals surface area contributed by atoms with Crippen LogP contribution in [0, 0.1) is 0 Å². The third-order valence-corrected chi connectivity index (χ3v) is 6.16. The minimum Gasteiger partial charge on any atom is -0.497 e. The first-order valence-corrected chi connectivity index (χ1v) is 10.7. The number of anilines is 1. The molecule has 2 unspecified atom stereocenters. The molecule has 0 saturated heterocycles. The number of aromatic nitrogens is 3. The van der Waals surface area contributed by atoms with E-state index in [1.54, 1.807) is 20.5 Å². The van der Waals surface area contributed by atoms with E-state index in [9.17, 15) is 0 Å². The molecule has 0 saturated carbocycles. The second-order valence-corrected chi connectivity index (χ2v) is 7.90. The van der Waals surface area contributed by atoms with Crippen LogP contribution in [-0.2, 0) is 0 Å². The molecule has 2 atom stereocenters. The molecule has 6 rings (SSSR count). The molecule has 0 radical (unpaired) electrons. The number of ether oxygens (including phenoxy) is 3. The molecule has 0 spiro atoms. The maximum Gasteiger partial charge on any atom is 0.226 e. The second-order valence-electron chi connectivity index (χ2n) is 7.90. The monoisotopic (exact) mass is 438 g/mol. The lowest BCUT2D eigenvalue weighted by Gasteiger charge is -2.39. The van der Waals surface area contributed by atoms with Gasteiger partial charge < -0.3 is 19.5 Å². The maximum absolute atomic E-state index is 6.67. The SMILES string of the molecule is COc1ccc(C2Oc3ccccc3C3=C2C(c2ccccc2)n2ncnc2N3)c(OC)c1. The third-order valence-electron chi connectivity index (χ3n) is 6.16. The summed E-state index contributed by atoms with van der Waals surface area (Å²) >= 11 is 0. The van der Waals surface area contributed by atoms with Crippen LogP contribution in [0.3, 0.4) is 0 Å². The average Bonchev–Trinajstić information content (AvgIpc) is 3.35. The number of methoxy groups -OCH3 is 2. The minimum absolute atomic E-state index is 0.204. The summed E-state index contributed by atoms with van der Waals surface area (Å²) in [5.41, 5.74) is 5.02. The molecule has 33 heavy (non-hydrogen) atoms. The molecule has 3 aromatic carbocycles. The summed E-state index contributed by atoms with van der Waals surface area (Å²) in [5, 5.41) is 8.08. The first-order chi connectivity index (χ1) is 16.3. The fourth-order valence-electron chi connectivity index (χ4n) is 4.67.